The molecular weight excluding hydrogens is 304 g/mol. The van der Waals surface area contributed by atoms with Gasteiger partial charge in [0.1, 0.15) is 23.0 Å². The summed E-state index contributed by atoms with van der Waals surface area (Å²) in [4.78, 5) is 0. The highest BCUT2D eigenvalue weighted by molar-refractivity contribution is 5.44. The Kier molecular flexibility index (Phi) is 5.68. The van der Waals surface area contributed by atoms with E-state index in [1.807, 2.05) is 37.3 Å². The van der Waals surface area contributed by atoms with Crippen LogP contribution in [0.3, 0.4) is 0 Å². The van der Waals surface area contributed by atoms with E-state index >= 15 is 0 Å². The molecule has 0 radical (unpaired) electrons. The minimum atomic E-state index is 0.0847. The Morgan fingerprint density at radius 1 is 0.625 bits per heavy atom. The second kappa shape index (κ2) is 7.92. The zero-order chi connectivity index (χ0) is 17.5. The first-order chi connectivity index (χ1) is 11.5. The van der Waals surface area contributed by atoms with Crippen molar-refractivity contribution in [3.8, 4) is 23.0 Å². The number of benzene rings is 3. The molecular formula is C20H20O4. The summed E-state index contributed by atoms with van der Waals surface area (Å²) in [5.41, 5.74) is 1.97. The molecule has 0 bridgehead atoms. The largest absolute Gasteiger partial charge is 0.508 e. The smallest absolute Gasteiger partial charge is 0.123 e. The zero-order valence-electron chi connectivity index (χ0n) is 13.3. The Hall–Kier alpha value is -3.14. The first-order valence-electron chi connectivity index (χ1n) is 7.52. The van der Waals surface area contributed by atoms with Crippen LogP contribution in [0.4, 0.5) is 0 Å². The van der Waals surface area contributed by atoms with Gasteiger partial charge in [0.05, 0.1) is 0 Å². The SMILES string of the molecule is CC(c1ccccc1)c1ccc(O)cc1O.Oc1cccc(O)c1. The van der Waals surface area contributed by atoms with E-state index in [2.05, 4.69) is 0 Å². The van der Waals surface area contributed by atoms with Gasteiger partial charge in [0.15, 0.2) is 0 Å². The molecule has 0 saturated heterocycles. The lowest BCUT2D eigenvalue weighted by Crippen LogP contribution is -1.95. The van der Waals surface area contributed by atoms with Crippen molar-refractivity contribution in [1.82, 2.24) is 0 Å². The van der Waals surface area contributed by atoms with Crippen LogP contribution < -0.4 is 0 Å². The lowest BCUT2D eigenvalue weighted by atomic mass is 9.92. The van der Waals surface area contributed by atoms with E-state index in [-0.39, 0.29) is 28.9 Å². The van der Waals surface area contributed by atoms with Gasteiger partial charge in [-0.3, -0.25) is 0 Å². The average Bonchev–Trinajstić information content (AvgIpc) is 2.55. The molecule has 0 aliphatic rings. The van der Waals surface area contributed by atoms with Crippen molar-refractivity contribution in [2.24, 2.45) is 0 Å². The Bertz CT molecular complexity index is 767. The molecule has 3 rings (SSSR count). The number of phenolic OH excluding ortho intramolecular Hbond substituents is 4. The van der Waals surface area contributed by atoms with Crippen LogP contribution in [0.5, 0.6) is 23.0 Å². The fraction of sp³-hybridized carbons (Fsp3) is 0.100. The number of rotatable bonds is 2. The van der Waals surface area contributed by atoms with Gasteiger partial charge in [0.25, 0.3) is 0 Å². The molecule has 0 aromatic heterocycles. The highest BCUT2D eigenvalue weighted by Gasteiger charge is 2.12. The molecule has 0 aliphatic heterocycles. The molecule has 0 aliphatic carbocycles. The minimum absolute atomic E-state index is 0.0847. The number of hydrogen-bond acceptors (Lipinski definition) is 4. The van der Waals surface area contributed by atoms with Gasteiger partial charge in [-0.15, -0.1) is 0 Å². The van der Waals surface area contributed by atoms with Crippen LogP contribution in [0.25, 0.3) is 0 Å². The van der Waals surface area contributed by atoms with E-state index in [4.69, 9.17) is 10.2 Å². The summed E-state index contributed by atoms with van der Waals surface area (Å²) in [6, 6.07) is 20.5. The molecule has 1 atom stereocenters. The van der Waals surface area contributed by atoms with Gasteiger partial charge < -0.3 is 20.4 Å². The van der Waals surface area contributed by atoms with Gasteiger partial charge >= 0.3 is 0 Å². The fourth-order valence-electron chi connectivity index (χ4n) is 2.31. The standard InChI is InChI=1S/C14H14O2.C6H6O2/c1-10(11-5-3-2-4-6-11)13-8-7-12(15)9-14(13)16;7-5-2-1-3-6(8)4-5/h2-10,15-16H,1H3;1-4,7-8H. The van der Waals surface area contributed by atoms with Crippen LogP contribution in [0.15, 0.2) is 72.8 Å². The van der Waals surface area contributed by atoms with Crippen molar-refractivity contribution in [3.63, 3.8) is 0 Å². The van der Waals surface area contributed by atoms with Crippen LogP contribution >= 0.6 is 0 Å². The summed E-state index contributed by atoms with van der Waals surface area (Å²) < 4.78 is 0. The van der Waals surface area contributed by atoms with Gasteiger partial charge in [0.2, 0.25) is 0 Å². The second-order valence-corrected chi connectivity index (χ2v) is 5.40. The van der Waals surface area contributed by atoms with Crippen molar-refractivity contribution in [1.29, 1.82) is 0 Å². The number of aromatic hydroxyl groups is 4. The molecule has 4 heteroatoms. The lowest BCUT2D eigenvalue weighted by Gasteiger charge is -2.14. The summed E-state index contributed by atoms with van der Waals surface area (Å²) in [5, 5.41) is 36.3. The van der Waals surface area contributed by atoms with Gasteiger partial charge in [-0.25, -0.2) is 0 Å². The monoisotopic (exact) mass is 324 g/mol. The molecule has 124 valence electrons. The highest BCUT2D eigenvalue weighted by atomic mass is 16.3. The maximum atomic E-state index is 9.76. The maximum absolute atomic E-state index is 9.76. The Morgan fingerprint density at radius 2 is 1.21 bits per heavy atom. The van der Waals surface area contributed by atoms with E-state index in [9.17, 15) is 10.2 Å². The molecule has 0 saturated carbocycles. The van der Waals surface area contributed by atoms with Crippen molar-refractivity contribution in [2.45, 2.75) is 12.8 Å². The average molecular weight is 324 g/mol. The van der Waals surface area contributed by atoms with Gasteiger partial charge in [-0.1, -0.05) is 49.4 Å². The molecule has 0 heterocycles. The Balaban J connectivity index is 0.000000219. The van der Waals surface area contributed by atoms with Gasteiger partial charge in [-0.2, -0.15) is 0 Å². The minimum Gasteiger partial charge on any atom is -0.508 e. The normalized spacial score (nSPS) is 11.2. The summed E-state index contributed by atoms with van der Waals surface area (Å²) >= 11 is 0. The van der Waals surface area contributed by atoms with E-state index in [0.29, 0.717) is 0 Å². The van der Waals surface area contributed by atoms with Crippen LogP contribution in [0, 0.1) is 0 Å². The third-order valence-corrected chi connectivity index (χ3v) is 3.61. The van der Waals surface area contributed by atoms with Crippen LogP contribution in [-0.4, -0.2) is 20.4 Å². The quantitative estimate of drug-likeness (QED) is 0.565. The number of phenols is 4. The van der Waals surface area contributed by atoms with Crippen LogP contribution in [0.1, 0.15) is 24.0 Å². The molecule has 4 nitrogen and oxygen atoms in total. The second-order valence-electron chi connectivity index (χ2n) is 5.40. The van der Waals surface area contributed by atoms with E-state index < -0.39 is 0 Å². The Labute approximate surface area is 140 Å². The first-order valence-corrected chi connectivity index (χ1v) is 7.52. The lowest BCUT2D eigenvalue weighted by molar-refractivity contribution is 0.444. The van der Waals surface area contributed by atoms with Crippen molar-refractivity contribution in [3.05, 3.63) is 83.9 Å². The molecule has 0 amide bonds. The molecule has 3 aromatic rings. The van der Waals surface area contributed by atoms with Crippen molar-refractivity contribution >= 4 is 0 Å². The van der Waals surface area contributed by atoms with Crippen molar-refractivity contribution in [2.75, 3.05) is 0 Å². The molecule has 0 fully saturated rings. The molecule has 0 spiro atoms. The fourth-order valence-corrected chi connectivity index (χ4v) is 2.31. The van der Waals surface area contributed by atoms with Crippen LogP contribution in [0.2, 0.25) is 0 Å². The summed E-state index contributed by atoms with van der Waals surface area (Å²) in [5.74, 6) is 0.509. The Morgan fingerprint density at radius 3 is 1.71 bits per heavy atom. The van der Waals surface area contributed by atoms with E-state index in [0.717, 1.165) is 11.1 Å². The number of hydrogen-bond donors (Lipinski definition) is 4. The van der Waals surface area contributed by atoms with Gasteiger partial charge in [-0.05, 0) is 23.8 Å². The summed E-state index contributed by atoms with van der Waals surface area (Å²) in [6.45, 7) is 2.03. The predicted octanol–water partition coefficient (Wildman–Crippen LogP) is 4.35. The summed E-state index contributed by atoms with van der Waals surface area (Å²) in [7, 11) is 0. The van der Waals surface area contributed by atoms with E-state index in [1.165, 1.54) is 24.3 Å². The zero-order valence-corrected chi connectivity index (χ0v) is 13.3. The predicted molar refractivity (Wildman–Crippen MR) is 93.5 cm³/mol. The highest BCUT2D eigenvalue weighted by Crippen LogP contribution is 2.32. The molecule has 3 aromatic carbocycles. The third kappa shape index (κ3) is 4.68. The topological polar surface area (TPSA) is 80.9 Å². The maximum Gasteiger partial charge on any atom is 0.123 e. The molecule has 24 heavy (non-hydrogen) atoms. The van der Waals surface area contributed by atoms with E-state index in [1.54, 1.807) is 18.2 Å². The third-order valence-electron chi connectivity index (χ3n) is 3.61. The molecule has 4 N–H and O–H groups in total. The first kappa shape index (κ1) is 17.2. The molecule has 1 unspecified atom stereocenters. The van der Waals surface area contributed by atoms with Gasteiger partial charge in [0, 0.05) is 23.6 Å². The summed E-state index contributed by atoms with van der Waals surface area (Å²) in [6.07, 6.45) is 0. The van der Waals surface area contributed by atoms with Crippen molar-refractivity contribution < 1.29 is 20.4 Å². The van der Waals surface area contributed by atoms with Crippen LogP contribution in [-0.2, 0) is 0 Å².